The number of carbonyl (C=O) groups excluding carboxylic acids is 1. The Hall–Kier alpha value is -2.48. The lowest BCUT2D eigenvalue weighted by atomic mass is 10.2. The van der Waals surface area contributed by atoms with Gasteiger partial charge in [0.25, 0.3) is 5.91 Å². The highest BCUT2D eigenvalue weighted by Gasteiger charge is 2.31. The summed E-state index contributed by atoms with van der Waals surface area (Å²) in [5, 5.41) is 7.02. The van der Waals surface area contributed by atoms with Crippen LogP contribution in [0.15, 0.2) is 36.4 Å². The van der Waals surface area contributed by atoms with E-state index in [-0.39, 0.29) is 5.69 Å². The molecule has 1 unspecified atom stereocenters. The maximum absolute atomic E-state index is 12.4. The predicted octanol–water partition coefficient (Wildman–Crippen LogP) is 2.18. The molecule has 1 aliphatic rings. The standard InChI is InChI=1S/C17H19N3O4S/c1-11(12-6-4-3-5-7-12)25(22,23)20-17(21)14-10-15(24-2)16(19-18-14)13-8-9-13/h3-7,10-11,13H,8-9H2,1-2H3,(H,20,21). The Morgan fingerprint density at radius 2 is 1.92 bits per heavy atom. The van der Waals surface area contributed by atoms with Gasteiger partial charge in [-0.2, -0.15) is 5.10 Å². The summed E-state index contributed by atoms with van der Waals surface area (Å²) >= 11 is 0. The van der Waals surface area contributed by atoms with Gasteiger partial charge >= 0.3 is 0 Å². The molecule has 8 heteroatoms. The number of rotatable bonds is 6. The Labute approximate surface area is 146 Å². The van der Waals surface area contributed by atoms with Crippen LogP contribution >= 0.6 is 0 Å². The third-order valence-electron chi connectivity index (χ3n) is 4.17. The Bertz CT molecular complexity index is 880. The molecule has 0 spiro atoms. The summed E-state index contributed by atoms with van der Waals surface area (Å²) < 4.78 is 32.2. The SMILES string of the molecule is COc1cc(C(=O)NS(=O)(=O)C(C)c2ccccc2)nnc1C1CC1. The predicted molar refractivity (Wildman–Crippen MR) is 91.8 cm³/mol. The molecule has 1 fully saturated rings. The molecule has 7 nitrogen and oxygen atoms in total. The minimum Gasteiger partial charge on any atom is -0.495 e. The molecular weight excluding hydrogens is 342 g/mol. The first-order chi connectivity index (χ1) is 11.9. The van der Waals surface area contributed by atoms with Crippen LogP contribution < -0.4 is 9.46 Å². The van der Waals surface area contributed by atoms with Crippen molar-refractivity contribution in [3.63, 3.8) is 0 Å². The summed E-state index contributed by atoms with van der Waals surface area (Å²) in [7, 11) is -2.42. The van der Waals surface area contributed by atoms with Gasteiger partial charge in [-0.3, -0.25) is 4.79 Å². The Morgan fingerprint density at radius 1 is 1.24 bits per heavy atom. The van der Waals surface area contributed by atoms with Crippen molar-refractivity contribution in [2.24, 2.45) is 0 Å². The summed E-state index contributed by atoms with van der Waals surface area (Å²) in [5.74, 6) is -0.0616. The summed E-state index contributed by atoms with van der Waals surface area (Å²) in [6.07, 6.45) is 2.03. The highest BCUT2D eigenvalue weighted by atomic mass is 32.2. The van der Waals surface area contributed by atoms with Gasteiger partial charge in [-0.25, -0.2) is 13.1 Å². The largest absolute Gasteiger partial charge is 0.495 e. The smallest absolute Gasteiger partial charge is 0.285 e. The van der Waals surface area contributed by atoms with Gasteiger partial charge < -0.3 is 4.74 Å². The first-order valence-corrected chi connectivity index (χ1v) is 9.49. The molecule has 0 bridgehead atoms. The third-order valence-corrected chi connectivity index (χ3v) is 5.84. The molecular formula is C17H19N3O4S. The number of nitrogens with zero attached hydrogens (tertiary/aromatic N) is 2. The molecule has 3 rings (SSSR count). The van der Waals surface area contributed by atoms with Crippen molar-refractivity contribution in [2.75, 3.05) is 7.11 Å². The van der Waals surface area contributed by atoms with Gasteiger partial charge in [0.2, 0.25) is 10.0 Å². The molecule has 2 aromatic rings. The second-order valence-electron chi connectivity index (χ2n) is 5.99. The van der Waals surface area contributed by atoms with E-state index in [1.165, 1.54) is 20.1 Å². The van der Waals surface area contributed by atoms with Crippen LogP contribution in [0.2, 0.25) is 0 Å². The van der Waals surface area contributed by atoms with Crippen LogP contribution in [-0.4, -0.2) is 31.6 Å². The number of hydrogen-bond acceptors (Lipinski definition) is 6. The molecule has 1 aliphatic carbocycles. The van der Waals surface area contributed by atoms with E-state index in [1.54, 1.807) is 30.3 Å². The van der Waals surface area contributed by atoms with E-state index in [0.29, 0.717) is 22.9 Å². The van der Waals surface area contributed by atoms with E-state index in [1.807, 2.05) is 0 Å². The molecule has 1 N–H and O–H groups in total. The van der Waals surface area contributed by atoms with E-state index in [2.05, 4.69) is 14.9 Å². The molecule has 132 valence electrons. The number of nitrogens with one attached hydrogen (secondary N) is 1. The molecule has 0 radical (unpaired) electrons. The summed E-state index contributed by atoms with van der Waals surface area (Å²) in [5.41, 5.74) is 1.21. The van der Waals surface area contributed by atoms with Crippen LogP contribution in [-0.2, 0) is 10.0 Å². The molecule has 1 aromatic heterocycles. The van der Waals surface area contributed by atoms with Crippen molar-refractivity contribution in [3.05, 3.63) is 53.3 Å². The second-order valence-corrected chi connectivity index (χ2v) is 7.99. The van der Waals surface area contributed by atoms with E-state index < -0.39 is 21.2 Å². The van der Waals surface area contributed by atoms with E-state index >= 15 is 0 Å². The van der Waals surface area contributed by atoms with Crippen LogP contribution in [0.5, 0.6) is 5.75 Å². The molecule has 25 heavy (non-hydrogen) atoms. The van der Waals surface area contributed by atoms with Gasteiger partial charge in [0.15, 0.2) is 5.69 Å². The number of methoxy groups -OCH3 is 1. The summed E-state index contributed by atoms with van der Waals surface area (Å²) in [6, 6.07) is 10.1. The molecule has 1 heterocycles. The minimum atomic E-state index is -3.90. The summed E-state index contributed by atoms with van der Waals surface area (Å²) in [4.78, 5) is 12.3. The Kier molecular flexibility index (Phi) is 4.71. The fraction of sp³-hybridized carbons (Fsp3) is 0.353. The van der Waals surface area contributed by atoms with Crippen LogP contribution in [0.25, 0.3) is 0 Å². The Balaban J connectivity index is 1.79. The lowest BCUT2D eigenvalue weighted by Gasteiger charge is -2.14. The summed E-state index contributed by atoms with van der Waals surface area (Å²) in [6.45, 7) is 1.52. The van der Waals surface area contributed by atoms with Crippen LogP contribution in [0.4, 0.5) is 0 Å². The van der Waals surface area contributed by atoms with Crippen molar-refractivity contribution in [3.8, 4) is 5.75 Å². The number of sulfonamides is 1. The van der Waals surface area contributed by atoms with Crippen LogP contribution in [0.1, 0.15) is 52.7 Å². The number of carbonyl (C=O) groups is 1. The van der Waals surface area contributed by atoms with Crippen molar-refractivity contribution in [2.45, 2.75) is 30.9 Å². The number of amides is 1. The minimum absolute atomic E-state index is 0.0925. The van der Waals surface area contributed by atoms with Crippen molar-refractivity contribution in [1.82, 2.24) is 14.9 Å². The van der Waals surface area contributed by atoms with E-state index in [4.69, 9.17) is 4.74 Å². The number of ether oxygens (including phenoxy) is 1. The normalized spacial score (nSPS) is 15.4. The van der Waals surface area contributed by atoms with Gasteiger partial charge in [0.05, 0.1) is 7.11 Å². The molecule has 0 saturated heterocycles. The van der Waals surface area contributed by atoms with Gasteiger partial charge in [0.1, 0.15) is 16.7 Å². The van der Waals surface area contributed by atoms with Crippen molar-refractivity contribution < 1.29 is 17.9 Å². The number of hydrogen-bond donors (Lipinski definition) is 1. The van der Waals surface area contributed by atoms with Crippen molar-refractivity contribution >= 4 is 15.9 Å². The highest BCUT2D eigenvalue weighted by molar-refractivity contribution is 7.90. The van der Waals surface area contributed by atoms with Crippen molar-refractivity contribution in [1.29, 1.82) is 0 Å². The zero-order valence-electron chi connectivity index (χ0n) is 14.0. The fourth-order valence-electron chi connectivity index (χ4n) is 2.47. The molecule has 1 aromatic carbocycles. The van der Waals surface area contributed by atoms with Crippen LogP contribution in [0.3, 0.4) is 0 Å². The molecule has 0 aliphatic heterocycles. The first-order valence-electron chi connectivity index (χ1n) is 7.95. The average Bonchev–Trinajstić information content (AvgIpc) is 3.45. The van der Waals surface area contributed by atoms with E-state index in [0.717, 1.165) is 12.8 Å². The van der Waals surface area contributed by atoms with Gasteiger partial charge in [-0.05, 0) is 25.3 Å². The lowest BCUT2D eigenvalue weighted by Crippen LogP contribution is -2.34. The molecule has 1 atom stereocenters. The number of benzene rings is 1. The van der Waals surface area contributed by atoms with Gasteiger partial charge in [-0.15, -0.1) is 5.10 Å². The Morgan fingerprint density at radius 3 is 2.52 bits per heavy atom. The first kappa shape index (κ1) is 17.3. The van der Waals surface area contributed by atoms with Gasteiger partial charge in [-0.1, -0.05) is 30.3 Å². The lowest BCUT2D eigenvalue weighted by molar-refractivity contribution is 0.0974. The monoisotopic (exact) mass is 361 g/mol. The maximum atomic E-state index is 12.4. The zero-order valence-corrected chi connectivity index (χ0v) is 14.8. The molecule has 1 amide bonds. The quantitative estimate of drug-likeness (QED) is 0.847. The van der Waals surface area contributed by atoms with Gasteiger partial charge in [0, 0.05) is 12.0 Å². The number of aromatic nitrogens is 2. The highest BCUT2D eigenvalue weighted by Crippen LogP contribution is 2.42. The van der Waals surface area contributed by atoms with Crippen LogP contribution in [0, 0.1) is 0 Å². The van der Waals surface area contributed by atoms with E-state index in [9.17, 15) is 13.2 Å². The second kappa shape index (κ2) is 6.79. The average molecular weight is 361 g/mol. The molecule has 1 saturated carbocycles. The maximum Gasteiger partial charge on any atom is 0.285 e. The zero-order chi connectivity index (χ0) is 18.0. The topological polar surface area (TPSA) is 98.2 Å². The third kappa shape index (κ3) is 3.79. The fourth-order valence-corrected chi connectivity index (χ4v) is 3.53.